The van der Waals surface area contributed by atoms with E-state index in [4.69, 9.17) is 15.2 Å². The first-order valence-electron chi connectivity index (χ1n) is 8.38. The average Bonchev–Trinajstić information content (AvgIpc) is 3.05. The van der Waals surface area contributed by atoms with Crippen LogP contribution >= 0.6 is 0 Å². The van der Waals surface area contributed by atoms with Crippen LogP contribution < -0.4 is 20.5 Å². The smallest absolute Gasteiger partial charge is 0.237 e. The van der Waals surface area contributed by atoms with Crippen molar-refractivity contribution in [3.63, 3.8) is 0 Å². The number of carbonyl (C=O) groups excluding carboxylic acids is 1. The molecule has 0 radical (unpaired) electrons. The Balaban J connectivity index is 2.05. The molecule has 1 aromatic rings. The number of hydrogen-bond acceptors (Lipinski definition) is 4. The Bertz CT molecular complexity index is 525. The predicted octanol–water partition coefficient (Wildman–Crippen LogP) is 2.62. The maximum atomic E-state index is 12.0. The van der Waals surface area contributed by atoms with E-state index in [1.54, 1.807) is 7.11 Å². The fourth-order valence-electron chi connectivity index (χ4n) is 2.71. The summed E-state index contributed by atoms with van der Waals surface area (Å²) in [6, 6.07) is 5.21. The lowest BCUT2D eigenvalue weighted by Gasteiger charge is -2.19. The van der Waals surface area contributed by atoms with Crippen LogP contribution in [0.2, 0.25) is 0 Å². The molecule has 1 aliphatic rings. The van der Waals surface area contributed by atoms with Crippen LogP contribution in [0.1, 0.15) is 45.1 Å². The number of rotatable bonds is 7. The molecule has 0 bridgehead atoms. The minimum absolute atomic E-state index is 0.111. The molecule has 0 saturated heterocycles. The maximum Gasteiger partial charge on any atom is 0.237 e. The number of carbonyl (C=O) groups is 1. The van der Waals surface area contributed by atoms with Gasteiger partial charge in [-0.3, -0.25) is 4.79 Å². The summed E-state index contributed by atoms with van der Waals surface area (Å²) in [6.45, 7) is 4.28. The van der Waals surface area contributed by atoms with E-state index in [1.807, 2.05) is 32.0 Å². The van der Waals surface area contributed by atoms with Gasteiger partial charge in [-0.25, -0.2) is 0 Å². The van der Waals surface area contributed by atoms with E-state index in [-0.39, 0.29) is 17.9 Å². The largest absolute Gasteiger partial charge is 0.497 e. The minimum Gasteiger partial charge on any atom is -0.497 e. The van der Waals surface area contributed by atoms with Gasteiger partial charge in [0.2, 0.25) is 5.91 Å². The van der Waals surface area contributed by atoms with Crippen molar-refractivity contribution in [3.8, 4) is 11.5 Å². The first-order valence-corrected chi connectivity index (χ1v) is 8.38. The van der Waals surface area contributed by atoms with Crippen molar-refractivity contribution in [1.82, 2.24) is 5.32 Å². The van der Waals surface area contributed by atoms with Gasteiger partial charge in [-0.15, -0.1) is 0 Å². The standard InChI is InChI=1S/C18H28N2O3/c1-12(2)17(19)18(21)20-11-13-8-9-15(22-3)10-16(13)23-14-6-4-5-7-14/h8-10,12,14,17H,4-7,11,19H2,1-3H3,(H,20,21)/t17-/m0/s1. The van der Waals surface area contributed by atoms with Crippen LogP contribution in [0.15, 0.2) is 18.2 Å². The summed E-state index contributed by atoms with van der Waals surface area (Å²) in [4.78, 5) is 12.0. The molecule has 1 saturated carbocycles. The number of nitrogens with one attached hydrogen (secondary N) is 1. The third-order valence-corrected chi connectivity index (χ3v) is 4.34. The molecule has 1 atom stereocenters. The normalized spacial score (nSPS) is 16.4. The highest BCUT2D eigenvalue weighted by atomic mass is 16.5. The van der Waals surface area contributed by atoms with Crippen LogP contribution in [-0.2, 0) is 11.3 Å². The zero-order chi connectivity index (χ0) is 16.8. The van der Waals surface area contributed by atoms with E-state index in [2.05, 4.69) is 5.32 Å². The van der Waals surface area contributed by atoms with Crippen molar-refractivity contribution in [2.24, 2.45) is 11.7 Å². The van der Waals surface area contributed by atoms with Gasteiger partial charge in [0.05, 0.1) is 19.3 Å². The van der Waals surface area contributed by atoms with E-state index in [0.29, 0.717) is 6.54 Å². The van der Waals surface area contributed by atoms with Gasteiger partial charge in [-0.1, -0.05) is 13.8 Å². The summed E-state index contributed by atoms with van der Waals surface area (Å²) in [6.07, 6.45) is 4.85. The molecular weight excluding hydrogens is 292 g/mol. The highest BCUT2D eigenvalue weighted by molar-refractivity contribution is 5.81. The van der Waals surface area contributed by atoms with E-state index >= 15 is 0 Å². The van der Waals surface area contributed by atoms with Gasteiger partial charge in [0.25, 0.3) is 0 Å². The first-order chi connectivity index (χ1) is 11.0. The number of amides is 1. The molecule has 3 N–H and O–H groups in total. The molecule has 5 nitrogen and oxygen atoms in total. The molecule has 0 aliphatic heterocycles. The molecule has 128 valence electrons. The van der Waals surface area contributed by atoms with Gasteiger partial charge >= 0.3 is 0 Å². The topological polar surface area (TPSA) is 73.6 Å². The van der Waals surface area contributed by atoms with Crippen molar-refractivity contribution in [3.05, 3.63) is 23.8 Å². The molecule has 1 fully saturated rings. The molecular formula is C18H28N2O3. The number of hydrogen-bond donors (Lipinski definition) is 2. The second-order valence-corrected chi connectivity index (χ2v) is 6.49. The van der Waals surface area contributed by atoms with Gasteiger partial charge in [0.15, 0.2) is 0 Å². The summed E-state index contributed by atoms with van der Waals surface area (Å²) in [5, 5.41) is 2.90. The lowest BCUT2D eigenvalue weighted by molar-refractivity contribution is -0.123. The van der Waals surface area contributed by atoms with Crippen molar-refractivity contribution in [2.75, 3.05) is 7.11 Å². The highest BCUT2D eigenvalue weighted by Crippen LogP contribution is 2.30. The minimum atomic E-state index is -0.493. The van der Waals surface area contributed by atoms with Gasteiger partial charge in [-0.05, 0) is 43.7 Å². The van der Waals surface area contributed by atoms with Crippen LogP contribution in [0.5, 0.6) is 11.5 Å². The summed E-state index contributed by atoms with van der Waals surface area (Å²) < 4.78 is 11.4. The molecule has 0 heterocycles. The lowest BCUT2D eigenvalue weighted by atomic mass is 10.0. The fourth-order valence-corrected chi connectivity index (χ4v) is 2.71. The third kappa shape index (κ3) is 4.86. The fraction of sp³-hybridized carbons (Fsp3) is 0.611. The Labute approximate surface area is 138 Å². The van der Waals surface area contributed by atoms with Crippen LogP contribution in [-0.4, -0.2) is 25.2 Å². The zero-order valence-electron chi connectivity index (χ0n) is 14.3. The monoisotopic (exact) mass is 320 g/mol. The van der Waals surface area contributed by atoms with Crippen molar-refractivity contribution in [2.45, 2.75) is 58.2 Å². The highest BCUT2D eigenvalue weighted by Gasteiger charge is 2.20. The lowest BCUT2D eigenvalue weighted by Crippen LogP contribution is -2.43. The Morgan fingerprint density at radius 3 is 2.65 bits per heavy atom. The Kier molecular flexibility index (Phi) is 6.28. The Hall–Kier alpha value is -1.75. The Morgan fingerprint density at radius 2 is 2.04 bits per heavy atom. The SMILES string of the molecule is COc1ccc(CNC(=O)[C@@H](N)C(C)C)c(OC2CCCC2)c1. The summed E-state index contributed by atoms with van der Waals surface area (Å²) in [5.41, 5.74) is 6.82. The second kappa shape index (κ2) is 8.20. The van der Waals surface area contributed by atoms with Gasteiger partial charge in [-0.2, -0.15) is 0 Å². The third-order valence-electron chi connectivity index (χ3n) is 4.34. The van der Waals surface area contributed by atoms with Crippen molar-refractivity contribution in [1.29, 1.82) is 0 Å². The molecule has 1 aliphatic carbocycles. The van der Waals surface area contributed by atoms with Crippen molar-refractivity contribution >= 4 is 5.91 Å². The number of nitrogens with two attached hydrogens (primary N) is 1. The average molecular weight is 320 g/mol. The van der Waals surface area contributed by atoms with Crippen LogP contribution in [0.3, 0.4) is 0 Å². The molecule has 2 rings (SSSR count). The zero-order valence-corrected chi connectivity index (χ0v) is 14.3. The molecule has 0 spiro atoms. The van der Waals surface area contributed by atoms with Crippen LogP contribution in [0, 0.1) is 5.92 Å². The Morgan fingerprint density at radius 1 is 1.35 bits per heavy atom. The molecule has 0 unspecified atom stereocenters. The molecule has 5 heteroatoms. The molecule has 1 amide bonds. The van der Waals surface area contributed by atoms with Gasteiger partial charge in [0.1, 0.15) is 11.5 Å². The van der Waals surface area contributed by atoms with Crippen molar-refractivity contribution < 1.29 is 14.3 Å². The summed E-state index contributed by atoms with van der Waals surface area (Å²) >= 11 is 0. The second-order valence-electron chi connectivity index (χ2n) is 6.49. The van der Waals surface area contributed by atoms with Gasteiger partial charge in [0, 0.05) is 18.2 Å². The van der Waals surface area contributed by atoms with Crippen LogP contribution in [0.4, 0.5) is 0 Å². The van der Waals surface area contributed by atoms with E-state index in [0.717, 1.165) is 29.9 Å². The first kappa shape index (κ1) is 17.6. The molecule has 0 aromatic heterocycles. The summed E-state index contributed by atoms with van der Waals surface area (Å²) in [5.74, 6) is 1.52. The number of methoxy groups -OCH3 is 1. The van der Waals surface area contributed by atoms with E-state index in [1.165, 1.54) is 12.8 Å². The quantitative estimate of drug-likeness (QED) is 0.810. The van der Waals surface area contributed by atoms with Gasteiger partial charge < -0.3 is 20.5 Å². The maximum absolute atomic E-state index is 12.0. The molecule has 1 aromatic carbocycles. The number of ether oxygens (including phenoxy) is 2. The van der Waals surface area contributed by atoms with E-state index in [9.17, 15) is 4.79 Å². The summed E-state index contributed by atoms with van der Waals surface area (Å²) in [7, 11) is 1.64. The van der Waals surface area contributed by atoms with Crippen LogP contribution in [0.25, 0.3) is 0 Å². The van der Waals surface area contributed by atoms with E-state index < -0.39 is 6.04 Å². The number of benzene rings is 1. The molecule has 23 heavy (non-hydrogen) atoms. The predicted molar refractivity (Wildman–Crippen MR) is 90.5 cm³/mol.